The Morgan fingerprint density at radius 3 is 2.93 bits per heavy atom. The van der Waals surface area contributed by atoms with Crippen LogP contribution in [0.25, 0.3) is 0 Å². The van der Waals surface area contributed by atoms with Crippen LogP contribution in [0.2, 0.25) is 0 Å². The molecule has 1 rings (SSSR count). The van der Waals surface area contributed by atoms with Gasteiger partial charge in [0.05, 0.1) is 0 Å². The molecule has 14 heavy (non-hydrogen) atoms. The average Bonchev–Trinajstić information content (AvgIpc) is 2.55. The van der Waals surface area contributed by atoms with Gasteiger partial charge in [-0.15, -0.1) is 0 Å². The molecule has 0 spiro atoms. The average molecular weight is 196 g/mol. The summed E-state index contributed by atoms with van der Waals surface area (Å²) in [6, 6.07) is 0. The summed E-state index contributed by atoms with van der Waals surface area (Å²) in [5.74, 6) is 0.938. The van der Waals surface area contributed by atoms with Crippen molar-refractivity contribution in [1.82, 2.24) is 10.2 Å². The van der Waals surface area contributed by atoms with E-state index in [1.165, 1.54) is 44.5 Å². The second-order valence-electron chi connectivity index (χ2n) is 4.70. The molecule has 0 saturated carbocycles. The summed E-state index contributed by atoms with van der Waals surface area (Å²) < 4.78 is 0. The van der Waals surface area contributed by atoms with Gasteiger partial charge in [-0.3, -0.25) is 0 Å². The Bertz CT molecular complexity index is 171. The number of likely N-dealkylation sites (N-methyl/N-ethyl adjacent to an activating group) is 1. The van der Waals surface area contributed by atoms with Gasteiger partial charge in [0.1, 0.15) is 0 Å². The fourth-order valence-electron chi connectivity index (χ4n) is 2.15. The van der Waals surface area contributed by atoms with E-state index in [9.17, 15) is 0 Å². The highest BCUT2D eigenvalue weighted by molar-refractivity contribution is 4.90. The van der Waals surface area contributed by atoms with Crippen molar-refractivity contribution in [1.29, 1.82) is 0 Å². The quantitative estimate of drug-likeness (QED) is 0.653. The minimum atomic E-state index is 0.938. The second kappa shape index (κ2) is 6.20. The van der Waals surface area contributed by atoms with Crippen LogP contribution >= 0.6 is 0 Å². The number of rotatable bonds is 6. The first-order valence-corrected chi connectivity index (χ1v) is 5.72. The van der Waals surface area contributed by atoms with Crippen LogP contribution in [0.4, 0.5) is 0 Å². The largest absolute Gasteiger partial charge is 0.316 e. The first kappa shape index (κ1) is 11.7. The fraction of sp³-hybridized carbons (Fsp3) is 0.833. The molecule has 2 heteroatoms. The van der Waals surface area contributed by atoms with Crippen LogP contribution in [-0.2, 0) is 0 Å². The van der Waals surface area contributed by atoms with Crippen molar-refractivity contribution in [2.45, 2.75) is 26.2 Å². The molecule has 0 aromatic rings. The van der Waals surface area contributed by atoms with Crippen LogP contribution in [0.1, 0.15) is 26.2 Å². The molecule has 1 heterocycles. The predicted octanol–water partition coefficient (Wildman–Crippen LogP) is 1.88. The molecule has 1 aliphatic rings. The highest BCUT2D eigenvalue weighted by atomic mass is 15.1. The topological polar surface area (TPSA) is 15.3 Å². The number of hydrogen-bond donors (Lipinski definition) is 1. The van der Waals surface area contributed by atoms with Gasteiger partial charge in [0.15, 0.2) is 0 Å². The van der Waals surface area contributed by atoms with E-state index in [1.54, 1.807) is 0 Å². The smallest absolute Gasteiger partial charge is 0.0184 e. The van der Waals surface area contributed by atoms with Gasteiger partial charge in [-0.05, 0) is 58.8 Å². The molecule has 1 atom stereocenters. The lowest BCUT2D eigenvalue weighted by Gasteiger charge is -2.17. The molecule has 1 unspecified atom stereocenters. The minimum Gasteiger partial charge on any atom is -0.316 e. The van der Waals surface area contributed by atoms with E-state index >= 15 is 0 Å². The van der Waals surface area contributed by atoms with Gasteiger partial charge in [-0.1, -0.05) is 12.2 Å². The molecule has 0 aromatic carbocycles. The molecular weight excluding hydrogens is 172 g/mol. The van der Waals surface area contributed by atoms with E-state index in [1.807, 2.05) is 0 Å². The first-order valence-electron chi connectivity index (χ1n) is 5.72. The van der Waals surface area contributed by atoms with E-state index in [0.29, 0.717) is 0 Å². The molecule has 0 bridgehead atoms. The lowest BCUT2D eigenvalue weighted by Crippen LogP contribution is -2.22. The van der Waals surface area contributed by atoms with Crippen LogP contribution in [0.3, 0.4) is 0 Å². The predicted molar refractivity (Wildman–Crippen MR) is 62.5 cm³/mol. The Morgan fingerprint density at radius 2 is 2.36 bits per heavy atom. The fourth-order valence-corrected chi connectivity index (χ4v) is 2.15. The molecule has 2 nitrogen and oxygen atoms in total. The molecule has 0 radical (unpaired) electrons. The zero-order valence-electron chi connectivity index (χ0n) is 9.68. The highest BCUT2D eigenvalue weighted by Crippen LogP contribution is 2.14. The van der Waals surface area contributed by atoms with Crippen molar-refractivity contribution in [2.24, 2.45) is 5.92 Å². The van der Waals surface area contributed by atoms with Gasteiger partial charge in [0.25, 0.3) is 0 Å². The van der Waals surface area contributed by atoms with Crippen LogP contribution in [0.15, 0.2) is 12.2 Å². The minimum absolute atomic E-state index is 0.938. The summed E-state index contributed by atoms with van der Waals surface area (Å²) in [5.41, 5.74) is 1.26. The van der Waals surface area contributed by atoms with E-state index < -0.39 is 0 Å². The monoisotopic (exact) mass is 196 g/mol. The maximum atomic E-state index is 3.93. The summed E-state index contributed by atoms with van der Waals surface area (Å²) in [4.78, 5) is 2.37. The first-order chi connectivity index (χ1) is 6.68. The second-order valence-corrected chi connectivity index (χ2v) is 4.70. The van der Waals surface area contributed by atoms with Crippen molar-refractivity contribution in [3.8, 4) is 0 Å². The molecule has 0 amide bonds. The van der Waals surface area contributed by atoms with Crippen LogP contribution in [-0.4, -0.2) is 38.1 Å². The van der Waals surface area contributed by atoms with Gasteiger partial charge in [0.2, 0.25) is 0 Å². The third-order valence-electron chi connectivity index (χ3n) is 2.85. The van der Waals surface area contributed by atoms with Gasteiger partial charge >= 0.3 is 0 Å². The normalized spacial score (nSPS) is 21.8. The number of nitrogens with one attached hydrogen (secondary N) is 1. The Balaban J connectivity index is 1.99. The standard InChI is InChI=1S/C12H24N2/c1-11(2)10-14(3)8-4-5-12-6-7-13-9-12/h12-13H,1,4-10H2,2-3H3. The Kier molecular flexibility index (Phi) is 5.20. The van der Waals surface area contributed by atoms with Crippen molar-refractivity contribution in [3.63, 3.8) is 0 Å². The molecule has 0 aromatic heterocycles. The third-order valence-corrected chi connectivity index (χ3v) is 2.85. The van der Waals surface area contributed by atoms with Gasteiger partial charge in [0, 0.05) is 6.54 Å². The lowest BCUT2D eigenvalue weighted by atomic mass is 10.0. The molecule has 0 aliphatic carbocycles. The van der Waals surface area contributed by atoms with Gasteiger partial charge < -0.3 is 10.2 Å². The lowest BCUT2D eigenvalue weighted by molar-refractivity contribution is 0.337. The summed E-state index contributed by atoms with van der Waals surface area (Å²) in [6.45, 7) is 10.7. The van der Waals surface area contributed by atoms with Crippen LogP contribution in [0, 0.1) is 5.92 Å². The maximum Gasteiger partial charge on any atom is 0.0184 e. The van der Waals surface area contributed by atoms with E-state index in [-0.39, 0.29) is 0 Å². The summed E-state index contributed by atoms with van der Waals surface area (Å²) in [5, 5.41) is 3.41. The summed E-state index contributed by atoms with van der Waals surface area (Å²) in [6.07, 6.45) is 4.09. The van der Waals surface area contributed by atoms with E-state index in [2.05, 4.69) is 30.8 Å². The zero-order valence-corrected chi connectivity index (χ0v) is 9.68. The molecule has 1 saturated heterocycles. The summed E-state index contributed by atoms with van der Waals surface area (Å²) in [7, 11) is 2.18. The van der Waals surface area contributed by atoms with Gasteiger partial charge in [-0.25, -0.2) is 0 Å². The molecule has 1 aliphatic heterocycles. The Morgan fingerprint density at radius 1 is 1.57 bits per heavy atom. The number of hydrogen-bond acceptors (Lipinski definition) is 2. The molecular formula is C12H24N2. The van der Waals surface area contributed by atoms with Crippen molar-refractivity contribution >= 4 is 0 Å². The van der Waals surface area contributed by atoms with E-state index in [4.69, 9.17) is 0 Å². The molecule has 82 valence electrons. The van der Waals surface area contributed by atoms with Crippen LogP contribution < -0.4 is 5.32 Å². The number of nitrogens with zero attached hydrogens (tertiary/aromatic N) is 1. The van der Waals surface area contributed by atoms with Crippen molar-refractivity contribution in [3.05, 3.63) is 12.2 Å². The van der Waals surface area contributed by atoms with Crippen LogP contribution in [0.5, 0.6) is 0 Å². The Labute approximate surface area is 88.4 Å². The maximum absolute atomic E-state index is 3.93. The Hall–Kier alpha value is -0.340. The van der Waals surface area contributed by atoms with Crippen molar-refractivity contribution in [2.75, 3.05) is 33.2 Å². The molecule has 1 N–H and O–H groups in total. The van der Waals surface area contributed by atoms with E-state index in [0.717, 1.165) is 12.5 Å². The highest BCUT2D eigenvalue weighted by Gasteiger charge is 2.13. The summed E-state index contributed by atoms with van der Waals surface area (Å²) >= 11 is 0. The van der Waals surface area contributed by atoms with Gasteiger partial charge in [-0.2, -0.15) is 0 Å². The van der Waals surface area contributed by atoms with Crippen molar-refractivity contribution < 1.29 is 0 Å². The third kappa shape index (κ3) is 4.77. The SMILES string of the molecule is C=C(C)CN(C)CCCC1CCNC1. The molecule has 1 fully saturated rings. The zero-order chi connectivity index (χ0) is 10.4.